The zero-order valence-corrected chi connectivity index (χ0v) is 9.39. The molecule has 1 rings (SSSR count). The molecule has 1 nitrogen and oxygen atoms in total. The molecule has 0 saturated heterocycles. The van der Waals surface area contributed by atoms with Crippen LogP contribution < -0.4 is 0 Å². The quantitative estimate of drug-likeness (QED) is 0.462. The molecule has 2 heteroatoms. The number of allylic oxidation sites excluding steroid dienone is 2. The lowest BCUT2D eigenvalue weighted by molar-refractivity contribution is -0.127. The van der Waals surface area contributed by atoms with Crippen molar-refractivity contribution in [3.63, 3.8) is 0 Å². The number of rotatable bonds is 0. The second-order valence-electron chi connectivity index (χ2n) is 4.01. The zero-order valence-electron chi connectivity index (χ0n) is 7.80. The van der Waals surface area contributed by atoms with Crippen LogP contribution in [0.25, 0.3) is 0 Å². The number of Topliss-reactive ketones (excluding diaryl/α,β-unsaturated/α-hetero) is 1. The molecule has 0 saturated carbocycles. The summed E-state index contributed by atoms with van der Waals surface area (Å²) in [6.07, 6.45) is 5.06. The Morgan fingerprint density at radius 1 is 1.58 bits per heavy atom. The van der Waals surface area contributed by atoms with Gasteiger partial charge in [0.2, 0.25) is 0 Å². The van der Waals surface area contributed by atoms with Crippen LogP contribution in [-0.2, 0) is 4.79 Å². The van der Waals surface area contributed by atoms with Gasteiger partial charge in [0.1, 0.15) is 0 Å². The summed E-state index contributed by atoms with van der Waals surface area (Å²) in [5.74, 6) is 0.660. The molecule has 0 heterocycles. The molecule has 0 radical (unpaired) electrons. The number of ketones is 1. The van der Waals surface area contributed by atoms with E-state index in [0.29, 0.717) is 11.7 Å². The average molecular weight is 231 g/mol. The lowest BCUT2D eigenvalue weighted by Gasteiger charge is -2.28. The average Bonchev–Trinajstić information content (AvgIpc) is 2.07. The van der Waals surface area contributed by atoms with E-state index in [0.717, 1.165) is 6.42 Å². The summed E-state index contributed by atoms with van der Waals surface area (Å²) in [7, 11) is 0. The van der Waals surface area contributed by atoms with Gasteiger partial charge in [-0.15, -0.1) is 0 Å². The molecule has 0 aromatic rings. The molecule has 1 aliphatic carbocycles. The number of hydrogen-bond acceptors (Lipinski definition) is 1. The van der Waals surface area contributed by atoms with E-state index < -0.39 is 0 Å². The van der Waals surface area contributed by atoms with Crippen LogP contribution >= 0.6 is 15.9 Å². The van der Waals surface area contributed by atoms with Crippen LogP contribution in [0.15, 0.2) is 12.2 Å². The molecule has 0 N–H and O–H groups in total. The fourth-order valence-corrected chi connectivity index (χ4v) is 2.18. The summed E-state index contributed by atoms with van der Waals surface area (Å²) in [5.41, 5.74) is -0.221. The molecule has 1 unspecified atom stereocenters. The van der Waals surface area contributed by atoms with Gasteiger partial charge in [-0.25, -0.2) is 0 Å². The Bertz CT molecular complexity index is 218. The van der Waals surface area contributed by atoms with Gasteiger partial charge in [0, 0.05) is 5.41 Å². The smallest absolute Gasteiger partial charge is 0.152 e. The van der Waals surface area contributed by atoms with E-state index in [4.69, 9.17) is 0 Å². The summed E-state index contributed by atoms with van der Waals surface area (Å²) in [6, 6.07) is 0. The highest BCUT2D eigenvalue weighted by Gasteiger charge is 2.37. The molecule has 0 spiro atoms. The van der Waals surface area contributed by atoms with Crippen molar-refractivity contribution >= 4 is 21.7 Å². The minimum atomic E-state index is -0.221. The van der Waals surface area contributed by atoms with Crippen molar-refractivity contribution in [1.29, 1.82) is 0 Å². The van der Waals surface area contributed by atoms with Gasteiger partial charge in [0.15, 0.2) is 5.78 Å². The number of alkyl halides is 1. The van der Waals surface area contributed by atoms with E-state index in [1.54, 1.807) is 0 Å². The van der Waals surface area contributed by atoms with E-state index in [1.165, 1.54) is 0 Å². The Morgan fingerprint density at radius 2 is 2.17 bits per heavy atom. The minimum Gasteiger partial charge on any atom is -0.298 e. The van der Waals surface area contributed by atoms with Crippen molar-refractivity contribution in [2.45, 2.75) is 32.0 Å². The zero-order chi connectivity index (χ0) is 9.35. The second kappa shape index (κ2) is 3.33. The van der Waals surface area contributed by atoms with Gasteiger partial charge in [0.25, 0.3) is 0 Å². The Labute approximate surface area is 82.4 Å². The third-order valence-corrected chi connectivity index (χ3v) is 3.62. The van der Waals surface area contributed by atoms with Gasteiger partial charge >= 0.3 is 0 Å². The fourth-order valence-electron chi connectivity index (χ4n) is 1.38. The van der Waals surface area contributed by atoms with E-state index in [-0.39, 0.29) is 10.2 Å². The van der Waals surface area contributed by atoms with Crippen LogP contribution in [-0.4, -0.2) is 10.6 Å². The van der Waals surface area contributed by atoms with Crippen LogP contribution in [0, 0.1) is 11.3 Å². The van der Waals surface area contributed by atoms with Gasteiger partial charge in [-0.05, 0) is 12.3 Å². The Morgan fingerprint density at radius 3 is 2.75 bits per heavy atom. The van der Waals surface area contributed by atoms with Crippen LogP contribution in [0.5, 0.6) is 0 Å². The largest absolute Gasteiger partial charge is 0.298 e. The molecule has 2 atom stereocenters. The van der Waals surface area contributed by atoms with Crippen molar-refractivity contribution in [2.24, 2.45) is 11.3 Å². The van der Waals surface area contributed by atoms with Gasteiger partial charge < -0.3 is 0 Å². The third kappa shape index (κ3) is 1.63. The van der Waals surface area contributed by atoms with Gasteiger partial charge in [-0.1, -0.05) is 48.9 Å². The Kier molecular flexibility index (Phi) is 2.77. The topological polar surface area (TPSA) is 17.1 Å². The first-order valence-corrected chi connectivity index (χ1v) is 5.23. The number of hydrogen-bond donors (Lipinski definition) is 0. The van der Waals surface area contributed by atoms with Crippen LogP contribution in [0.3, 0.4) is 0 Å². The van der Waals surface area contributed by atoms with Crippen molar-refractivity contribution < 1.29 is 4.79 Å². The van der Waals surface area contributed by atoms with Crippen molar-refractivity contribution in [1.82, 2.24) is 0 Å². The molecule has 0 aromatic heterocycles. The second-order valence-corrected chi connectivity index (χ2v) is 5.11. The Balaban J connectivity index is 2.95. The van der Waals surface area contributed by atoms with E-state index in [1.807, 2.05) is 13.8 Å². The maximum Gasteiger partial charge on any atom is 0.152 e. The molecule has 0 aromatic carbocycles. The normalized spacial score (nSPS) is 34.8. The van der Waals surface area contributed by atoms with Crippen LogP contribution in [0.2, 0.25) is 0 Å². The first-order valence-electron chi connectivity index (χ1n) is 4.31. The van der Waals surface area contributed by atoms with Crippen molar-refractivity contribution in [2.75, 3.05) is 0 Å². The number of carbonyl (C=O) groups excluding carboxylic acids is 1. The molecule has 12 heavy (non-hydrogen) atoms. The monoisotopic (exact) mass is 230 g/mol. The molecule has 68 valence electrons. The summed E-state index contributed by atoms with van der Waals surface area (Å²) in [5, 5.41) is 0. The molecule has 0 bridgehead atoms. The predicted octanol–water partition coefficient (Wildman–Crippen LogP) is 2.94. The predicted molar refractivity (Wildman–Crippen MR) is 54.4 cm³/mol. The highest BCUT2D eigenvalue weighted by Crippen LogP contribution is 2.35. The van der Waals surface area contributed by atoms with Crippen LogP contribution in [0.4, 0.5) is 0 Å². The number of carbonyl (C=O) groups is 1. The lowest BCUT2D eigenvalue weighted by atomic mass is 9.76. The van der Waals surface area contributed by atoms with E-state index in [9.17, 15) is 4.79 Å². The minimum absolute atomic E-state index is 0.00806. The first kappa shape index (κ1) is 9.97. The van der Waals surface area contributed by atoms with Gasteiger partial charge in [0.05, 0.1) is 4.83 Å². The lowest BCUT2D eigenvalue weighted by Crippen LogP contribution is -2.34. The third-order valence-electron chi connectivity index (χ3n) is 2.83. The molecule has 0 aliphatic heterocycles. The highest BCUT2D eigenvalue weighted by molar-refractivity contribution is 9.10. The maximum absolute atomic E-state index is 11.8. The van der Waals surface area contributed by atoms with E-state index in [2.05, 4.69) is 35.0 Å². The maximum atomic E-state index is 11.8. The summed E-state index contributed by atoms with van der Waals surface area (Å²) < 4.78 is 0. The van der Waals surface area contributed by atoms with Crippen molar-refractivity contribution in [3.8, 4) is 0 Å². The highest BCUT2D eigenvalue weighted by atomic mass is 79.9. The van der Waals surface area contributed by atoms with Gasteiger partial charge in [-0.3, -0.25) is 4.79 Å². The molecule has 0 fully saturated rings. The first-order chi connectivity index (χ1) is 5.46. The van der Waals surface area contributed by atoms with E-state index >= 15 is 0 Å². The standard InChI is InChI=1S/C10H15BrO/c1-7-5-4-6-8(11)9(12)10(7,2)3/h4-5,7-8H,6H2,1-3H3/t7?,8-/m0/s1. The number of halogens is 1. The summed E-state index contributed by atoms with van der Waals surface area (Å²) in [6.45, 7) is 6.13. The molecular formula is C10H15BrO. The Hall–Kier alpha value is -0.110. The van der Waals surface area contributed by atoms with Gasteiger partial charge in [-0.2, -0.15) is 0 Å². The summed E-state index contributed by atoms with van der Waals surface area (Å²) in [4.78, 5) is 11.8. The molecule has 0 amide bonds. The van der Waals surface area contributed by atoms with Crippen LogP contribution in [0.1, 0.15) is 27.2 Å². The van der Waals surface area contributed by atoms with Crippen molar-refractivity contribution in [3.05, 3.63) is 12.2 Å². The SMILES string of the molecule is CC1C=CC[C@H](Br)C(=O)C1(C)C. The molecule has 1 aliphatic rings. The molecular weight excluding hydrogens is 216 g/mol. The summed E-state index contributed by atoms with van der Waals surface area (Å²) >= 11 is 3.41. The fraction of sp³-hybridized carbons (Fsp3) is 0.700.